The molecule has 1 aromatic heterocycles. The van der Waals surface area contributed by atoms with Crippen LogP contribution in [0.15, 0.2) is 48.7 Å². The first-order valence-electron chi connectivity index (χ1n) is 11.1. The van der Waals surface area contributed by atoms with Gasteiger partial charge in [0.25, 0.3) is 0 Å². The zero-order valence-electron chi connectivity index (χ0n) is 18.3. The SMILES string of the molecule is CN1[C@@H]2COC[C@H]1CC(OCc1ccc(CNc3cccc4c(N)nccc34)c(F)c1)C2. The molecule has 3 heterocycles. The van der Waals surface area contributed by atoms with Crippen LogP contribution in [0.5, 0.6) is 0 Å². The second-order valence-corrected chi connectivity index (χ2v) is 8.79. The van der Waals surface area contributed by atoms with Crippen LogP contribution in [0.25, 0.3) is 10.8 Å². The third-order valence-electron chi connectivity index (χ3n) is 6.75. The van der Waals surface area contributed by atoms with Crippen LogP contribution >= 0.6 is 0 Å². The van der Waals surface area contributed by atoms with Crippen LogP contribution in [0.2, 0.25) is 0 Å². The molecule has 2 bridgehead atoms. The van der Waals surface area contributed by atoms with E-state index in [4.69, 9.17) is 15.2 Å². The van der Waals surface area contributed by atoms with Crippen molar-refractivity contribution in [3.05, 3.63) is 65.6 Å². The lowest BCUT2D eigenvalue weighted by Gasteiger charge is -2.46. The van der Waals surface area contributed by atoms with E-state index in [-0.39, 0.29) is 11.9 Å². The molecule has 0 radical (unpaired) electrons. The number of nitrogens with one attached hydrogen (secondary N) is 1. The molecule has 0 spiro atoms. The van der Waals surface area contributed by atoms with Gasteiger partial charge in [0.15, 0.2) is 0 Å². The number of rotatable bonds is 6. The number of morpholine rings is 1. The Bertz CT molecular complexity index is 1090. The third kappa shape index (κ3) is 4.28. The lowest BCUT2D eigenvalue weighted by Crippen LogP contribution is -2.56. The molecule has 32 heavy (non-hydrogen) atoms. The van der Waals surface area contributed by atoms with Crippen molar-refractivity contribution in [2.75, 3.05) is 31.3 Å². The Morgan fingerprint density at radius 2 is 1.97 bits per heavy atom. The van der Waals surface area contributed by atoms with Crippen molar-refractivity contribution < 1.29 is 13.9 Å². The summed E-state index contributed by atoms with van der Waals surface area (Å²) in [5.41, 5.74) is 8.34. The highest BCUT2D eigenvalue weighted by Crippen LogP contribution is 2.29. The monoisotopic (exact) mass is 436 g/mol. The molecule has 2 aliphatic rings. The number of pyridine rings is 1. The number of benzene rings is 2. The molecule has 2 fully saturated rings. The van der Waals surface area contributed by atoms with Gasteiger partial charge >= 0.3 is 0 Å². The summed E-state index contributed by atoms with van der Waals surface area (Å²) in [6, 6.07) is 13.9. The quantitative estimate of drug-likeness (QED) is 0.610. The third-order valence-corrected chi connectivity index (χ3v) is 6.75. The number of ether oxygens (including phenoxy) is 2. The minimum absolute atomic E-state index is 0.197. The van der Waals surface area contributed by atoms with Crippen molar-refractivity contribution in [1.82, 2.24) is 9.88 Å². The first-order chi connectivity index (χ1) is 15.6. The Kier molecular flexibility index (Phi) is 5.95. The molecule has 6 nitrogen and oxygen atoms in total. The number of halogens is 1. The zero-order chi connectivity index (χ0) is 22.1. The van der Waals surface area contributed by atoms with Gasteiger partial charge in [0.05, 0.1) is 25.9 Å². The lowest BCUT2D eigenvalue weighted by atomic mass is 9.92. The molecule has 7 heteroatoms. The van der Waals surface area contributed by atoms with Crippen LogP contribution < -0.4 is 11.1 Å². The number of nitrogens with two attached hydrogens (primary N) is 1. The van der Waals surface area contributed by atoms with E-state index in [0.29, 0.717) is 36.6 Å². The van der Waals surface area contributed by atoms with Crippen molar-refractivity contribution in [3.63, 3.8) is 0 Å². The molecular formula is C25H29FN4O2. The van der Waals surface area contributed by atoms with Gasteiger partial charge in [-0.05, 0) is 43.7 Å². The molecular weight excluding hydrogens is 407 g/mol. The number of hydrogen-bond donors (Lipinski definition) is 2. The maximum absolute atomic E-state index is 14.8. The van der Waals surface area contributed by atoms with E-state index < -0.39 is 0 Å². The summed E-state index contributed by atoms with van der Waals surface area (Å²) in [6.07, 6.45) is 3.80. The van der Waals surface area contributed by atoms with Crippen LogP contribution in [-0.2, 0) is 22.6 Å². The highest BCUT2D eigenvalue weighted by atomic mass is 19.1. The lowest BCUT2D eigenvalue weighted by molar-refractivity contribution is -0.112. The summed E-state index contributed by atoms with van der Waals surface area (Å²) in [5, 5.41) is 5.19. The van der Waals surface area contributed by atoms with E-state index in [9.17, 15) is 4.39 Å². The van der Waals surface area contributed by atoms with Crippen LogP contribution in [0, 0.1) is 5.82 Å². The van der Waals surface area contributed by atoms with Gasteiger partial charge in [-0.2, -0.15) is 0 Å². The molecule has 2 saturated heterocycles. The number of fused-ring (bicyclic) bond motifs is 3. The molecule has 0 saturated carbocycles. The van der Waals surface area contributed by atoms with Crippen molar-refractivity contribution in [2.24, 2.45) is 0 Å². The van der Waals surface area contributed by atoms with Crippen molar-refractivity contribution in [2.45, 2.75) is 44.2 Å². The van der Waals surface area contributed by atoms with E-state index >= 15 is 0 Å². The molecule has 3 aromatic rings. The molecule has 168 valence electrons. The first-order valence-corrected chi connectivity index (χ1v) is 11.1. The van der Waals surface area contributed by atoms with E-state index in [2.05, 4.69) is 22.2 Å². The van der Waals surface area contributed by atoms with E-state index in [1.54, 1.807) is 12.3 Å². The number of aromatic nitrogens is 1. The van der Waals surface area contributed by atoms with Crippen molar-refractivity contribution in [1.29, 1.82) is 0 Å². The fourth-order valence-electron chi connectivity index (χ4n) is 4.79. The molecule has 5 rings (SSSR count). The molecule has 3 atom stereocenters. The van der Waals surface area contributed by atoms with Gasteiger partial charge in [-0.25, -0.2) is 9.37 Å². The maximum atomic E-state index is 14.8. The number of nitrogens with zero attached hydrogens (tertiary/aromatic N) is 2. The van der Waals surface area contributed by atoms with Gasteiger partial charge in [0.2, 0.25) is 0 Å². The van der Waals surface area contributed by atoms with Crippen LogP contribution in [-0.4, -0.2) is 48.3 Å². The fourth-order valence-corrected chi connectivity index (χ4v) is 4.79. The highest BCUT2D eigenvalue weighted by molar-refractivity contribution is 5.99. The number of nitrogen functional groups attached to an aromatic ring is 1. The molecule has 3 N–H and O–H groups in total. The van der Waals surface area contributed by atoms with Gasteiger partial charge in [-0.15, -0.1) is 0 Å². The summed E-state index contributed by atoms with van der Waals surface area (Å²) in [4.78, 5) is 6.54. The molecule has 2 aliphatic heterocycles. The Morgan fingerprint density at radius 3 is 2.75 bits per heavy atom. The average Bonchev–Trinajstić information content (AvgIpc) is 2.78. The first kappa shape index (κ1) is 21.1. The second-order valence-electron chi connectivity index (χ2n) is 8.79. The van der Waals surface area contributed by atoms with Gasteiger partial charge in [0, 0.05) is 46.8 Å². The highest BCUT2D eigenvalue weighted by Gasteiger charge is 2.37. The normalized spacial score (nSPS) is 23.4. The zero-order valence-corrected chi connectivity index (χ0v) is 18.3. The average molecular weight is 437 g/mol. The fraction of sp³-hybridized carbons (Fsp3) is 0.400. The predicted octanol–water partition coefficient (Wildman–Crippen LogP) is 3.95. The molecule has 1 unspecified atom stereocenters. The van der Waals surface area contributed by atoms with E-state index in [1.807, 2.05) is 36.4 Å². The van der Waals surface area contributed by atoms with Crippen LogP contribution in [0.4, 0.5) is 15.9 Å². The molecule has 0 aliphatic carbocycles. The number of likely N-dealkylation sites (N-methyl/N-ethyl adjacent to an activating group) is 1. The number of piperidine rings is 1. The maximum Gasteiger partial charge on any atom is 0.131 e. The van der Waals surface area contributed by atoms with Gasteiger partial charge in [-0.3, -0.25) is 4.90 Å². The summed E-state index contributed by atoms with van der Waals surface area (Å²) in [5.74, 6) is 0.260. The standard InChI is InChI=1S/C25H29FN4O2/c1-30-18-10-20(11-19(30)15-31-14-18)32-13-16-5-6-17(23(26)9-16)12-29-24-4-2-3-22-21(24)7-8-28-25(22)27/h2-9,18-20,29H,10-15H2,1H3,(H2,27,28)/t18-,19+,20?. The van der Waals surface area contributed by atoms with Gasteiger partial charge in [0.1, 0.15) is 11.6 Å². The smallest absolute Gasteiger partial charge is 0.131 e. The van der Waals surface area contributed by atoms with E-state index in [1.165, 1.54) is 0 Å². The van der Waals surface area contributed by atoms with E-state index in [0.717, 1.165) is 48.1 Å². The molecule has 0 amide bonds. The minimum atomic E-state index is -0.228. The second kappa shape index (κ2) is 9.02. The Morgan fingerprint density at radius 1 is 1.16 bits per heavy atom. The Balaban J connectivity index is 1.20. The van der Waals surface area contributed by atoms with Crippen LogP contribution in [0.1, 0.15) is 24.0 Å². The van der Waals surface area contributed by atoms with Gasteiger partial charge in [-0.1, -0.05) is 24.3 Å². The topological polar surface area (TPSA) is 72.6 Å². The number of anilines is 2. The van der Waals surface area contributed by atoms with Crippen molar-refractivity contribution in [3.8, 4) is 0 Å². The summed E-state index contributed by atoms with van der Waals surface area (Å²) < 4.78 is 26.6. The minimum Gasteiger partial charge on any atom is -0.383 e. The summed E-state index contributed by atoms with van der Waals surface area (Å²) >= 11 is 0. The summed E-state index contributed by atoms with van der Waals surface area (Å²) in [7, 11) is 2.17. The number of hydrogen-bond acceptors (Lipinski definition) is 6. The Hall–Kier alpha value is -2.74. The van der Waals surface area contributed by atoms with Gasteiger partial charge < -0.3 is 20.5 Å². The summed E-state index contributed by atoms with van der Waals surface area (Å²) in [6.45, 7) is 2.34. The van der Waals surface area contributed by atoms with Crippen LogP contribution in [0.3, 0.4) is 0 Å². The predicted molar refractivity (Wildman–Crippen MR) is 124 cm³/mol. The van der Waals surface area contributed by atoms with Crippen molar-refractivity contribution >= 4 is 22.3 Å². The molecule has 2 aromatic carbocycles. The Labute approximate surface area is 187 Å². The largest absolute Gasteiger partial charge is 0.383 e.